The van der Waals surface area contributed by atoms with Gasteiger partial charge < -0.3 is 5.11 Å². The van der Waals surface area contributed by atoms with E-state index in [2.05, 4.69) is 56.3 Å². The Morgan fingerprint density at radius 1 is 0.889 bits per heavy atom. The third-order valence-corrected chi connectivity index (χ3v) is 6.71. The molecule has 0 aromatic heterocycles. The molecule has 2 aromatic carbocycles. The van der Waals surface area contributed by atoms with Crippen LogP contribution in [0.15, 0.2) is 59.5 Å². The Hall–Kier alpha value is -1.41. The minimum absolute atomic E-state index is 0.375. The van der Waals surface area contributed by atoms with E-state index in [0.29, 0.717) is 5.75 Å². The van der Waals surface area contributed by atoms with E-state index < -0.39 is 0 Å². The fourth-order valence-corrected chi connectivity index (χ4v) is 4.78. The highest BCUT2D eigenvalue weighted by Gasteiger charge is 2.14. The summed E-state index contributed by atoms with van der Waals surface area (Å²) in [6.45, 7) is 4.59. The van der Waals surface area contributed by atoms with Crippen molar-refractivity contribution in [3.8, 4) is 5.75 Å². The van der Waals surface area contributed by atoms with Crippen LogP contribution in [-0.4, -0.2) is 10.9 Å². The maximum Gasteiger partial charge on any atom is 0.115 e. The SMILES string of the molecule is CCC(CC)CCSc1ccccc1.Oc1ccc(C2CCCCC2)cc1. The van der Waals surface area contributed by atoms with E-state index in [1.165, 1.54) is 67.6 Å². The molecule has 148 valence electrons. The monoisotopic (exact) mass is 384 g/mol. The number of hydrogen-bond donors (Lipinski definition) is 1. The smallest absolute Gasteiger partial charge is 0.115 e. The Kier molecular flexibility index (Phi) is 10.4. The van der Waals surface area contributed by atoms with Crippen molar-refractivity contribution in [2.75, 3.05) is 5.75 Å². The summed E-state index contributed by atoms with van der Waals surface area (Å²) in [6.07, 6.45) is 10.8. The van der Waals surface area contributed by atoms with Crippen LogP contribution in [-0.2, 0) is 0 Å². The van der Waals surface area contributed by atoms with E-state index in [1.807, 2.05) is 11.8 Å². The van der Waals surface area contributed by atoms with Gasteiger partial charge in [-0.3, -0.25) is 0 Å². The molecule has 0 heterocycles. The molecular weight excluding hydrogens is 348 g/mol. The molecule has 3 rings (SSSR count). The van der Waals surface area contributed by atoms with Crippen molar-refractivity contribution in [3.05, 3.63) is 60.2 Å². The molecule has 1 saturated carbocycles. The highest BCUT2D eigenvalue weighted by Crippen LogP contribution is 2.33. The zero-order valence-corrected chi connectivity index (χ0v) is 17.9. The summed E-state index contributed by atoms with van der Waals surface area (Å²) in [5.41, 5.74) is 1.40. The Labute approximate surface area is 170 Å². The molecule has 0 amide bonds. The Morgan fingerprint density at radius 2 is 1.52 bits per heavy atom. The summed E-state index contributed by atoms with van der Waals surface area (Å²) in [7, 11) is 0. The standard InChI is InChI=1S/C13H20S.C12H16O/c1-3-12(4-2)10-11-14-13-8-6-5-7-9-13;13-12-8-6-11(7-9-12)10-4-2-1-3-5-10/h5-9,12H,3-4,10-11H2,1-2H3;6-10,13H,1-5H2. The van der Waals surface area contributed by atoms with Gasteiger partial charge in [0.05, 0.1) is 0 Å². The number of benzene rings is 2. The zero-order valence-electron chi connectivity index (χ0n) is 17.1. The molecule has 0 spiro atoms. The van der Waals surface area contributed by atoms with Crippen molar-refractivity contribution in [1.82, 2.24) is 0 Å². The molecule has 2 aromatic rings. The molecule has 0 aliphatic heterocycles. The second kappa shape index (κ2) is 12.9. The summed E-state index contributed by atoms with van der Waals surface area (Å²) >= 11 is 1.98. The predicted octanol–water partition coefficient (Wildman–Crippen LogP) is 8.04. The molecule has 2 heteroatoms. The third kappa shape index (κ3) is 8.43. The largest absolute Gasteiger partial charge is 0.508 e. The van der Waals surface area contributed by atoms with E-state index in [-0.39, 0.29) is 0 Å². The van der Waals surface area contributed by atoms with Crippen molar-refractivity contribution in [3.63, 3.8) is 0 Å². The fraction of sp³-hybridized carbons (Fsp3) is 0.520. The molecule has 1 fully saturated rings. The normalized spacial score (nSPS) is 14.6. The lowest BCUT2D eigenvalue weighted by molar-refractivity contribution is 0.442. The van der Waals surface area contributed by atoms with Crippen LogP contribution in [0.3, 0.4) is 0 Å². The molecule has 0 saturated heterocycles. The van der Waals surface area contributed by atoms with Crippen molar-refractivity contribution >= 4 is 11.8 Å². The zero-order chi connectivity index (χ0) is 19.3. The average molecular weight is 385 g/mol. The molecule has 0 radical (unpaired) electrons. The van der Waals surface area contributed by atoms with Crippen LogP contribution >= 0.6 is 11.8 Å². The van der Waals surface area contributed by atoms with Crippen molar-refractivity contribution in [2.45, 2.75) is 76.0 Å². The van der Waals surface area contributed by atoms with Crippen LogP contribution in [0.5, 0.6) is 5.75 Å². The number of hydrogen-bond acceptors (Lipinski definition) is 2. The number of phenolic OH excluding ortho intramolecular Hbond substituents is 1. The van der Waals surface area contributed by atoms with Crippen LogP contribution in [0.2, 0.25) is 0 Å². The molecule has 0 atom stereocenters. The quantitative estimate of drug-likeness (QED) is 0.487. The van der Waals surface area contributed by atoms with Crippen LogP contribution < -0.4 is 0 Å². The van der Waals surface area contributed by atoms with Gasteiger partial charge >= 0.3 is 0 Å². The summed E-state index contributed by atoms with van der Waals surface area (Å²) in [6, 6.07) is 18.4. The van der Waals surface area contributed by atoms with Crippen LogP contribution in [0.1, 0.15) is 76.7 Å². The van der Waals surface area contributed by atoms with Crippen LogP contribution in [0, 0.1) is 5.92 Å². The van der Waals surface area contributed by atoms with Crippen LogP contribution in [0.25, 0.3) is 0 Å². The van der Waals surface area contributed by atoms with Gasteiger partial charge in [0.15, 0.2) is 0 Å². The van der Waals surface area contributed by atoms with E-state index in [1.54, 1.807) is 12.1 Å². The van der Waals surface area contributed by atoms with E-state index in [4.69, 9.17) is 5.11 Å². The molecule has 1 aliphatic carbocycles. The molecule has 1 N–H and O–H groups in total. The summed E-state index contributed by atoms with van der Waals surface area (Å²) in [5.74, 6) is 3.30. The fourth-order valence-electron chi connectivity index (χ4n) is 3.74. The van der Waals surface area contributed by atoms with Gasteiger partial charge in [-0.25, -0.2) is 0 Å². The van der Waals surface area contributed by atoms with E-state index in [0.717, 1.165) is 11.8 Å². The number of thioether (sulfide) groups is 1. The number of aromatic hydroxyl groups is 1. The second-order valence-corrected chi connectivity index (χ2v) is 8.73. The maximum atomic E-state index is 9.16. The summed E-state index contributed by atoms with van der Waals surface area (Å²) in [4.78, 5) is 1.40. The second-order valence-electron chi connectivity index (χ2n) is 7.56. The molecular formula is C25H36OS. The first-order chi connectivity index (χ1) is 13.2. The molecule has 1 nitrogen and oxygen atoms in total. The van der Waals surface area contributed by atoms with Crippen LogP contribution in [0.4, 0.5) is 0 Å². The predicted molar refractivity (Wildman–Crippen MR) is 120 cm³/mol. The van der Waals surface area contributed by atoms with Gasteiger partial charge in [-0.1, -0.05) is 76.3 Å². The first kappa shape index (κ1) is 21.9. The number of rotatable bonds is 7. The summed E-state index contributed by atoms with van der Waals surface area (Å²) < 4.78 is 0. The Morgan fingerprint density at radius 3 is 2.11 bits per heavy atom. The lowest BCUT2D eigenvalue weighted by atomic mass is 9.84. The molecule has 27 heavy (non-hydrogen) atoms. The van der Waals surface area contributed by atoms with Gasteiger partial charge in [-0.2, -0.15) is 0 Å². The first-order valence-corrected chi connectivity index (χ1v) is 11.7. The van der Waals surface area contributed by atoms with Gasteiger partial charge in [0.2, 0.25) is 0 Å². The van der Waals surface area contributed by atoms with Gasteiger partial charge in [-0.05, 0) is 66.7 Å². The van der Waals surface area contributed by atoms with Gasteiger partial charge in [-0.15, -0.1) is 11.8 Å². The molecule has 0 unspecified atom stereocenters. The van der Waals surface area contributed by atoms with Gasteiger partial charge in [0.25, 0.3) is 0 Å². The first-order valence-electron chi connectivity index (χ1n) is 10.7. The maximum absolute atomic E-state index is 9.16. The minimum Gasteiger partial charge on any atom is -0.508 e. The van der Waals surface area contributed by atoms with E-state index >= 15 is 0 Å². The lowest BCUT2D eigenvalue weighted by Crippen LogP contribution is -2.03. The average Bonchev–Trinajstić information content (AvgIpc) is 2.74. The van der Waals surface area contributed by atoms with E-state index in [9.17, 15) is 0 Å². The van der Waals surface area contributed by atoms with Crippen molar-refractivity contribution < 1.29 is 5.11 Å². The summed E-state index contributed by atoms with van der Waals surface area (Å²) in [5, 5.41) is 9.16. The minimum atomic E-state index is 0.375. The third-order valence-electron chi connectivity index (χ3n) is 5.66. The molecule has 1 aliphatic rings. The highest BCUT2D eigenvalue weighted by molar-refractivity contribution is 7.99. The lowest BCUT2D eigenvalue weighted by Gasteiger charge is -2.21. The topological polar surface area (TPSA) is 20.2 Å². The Balaban J connectivity index is 0.000000194. The Bertz CT molecular complexity index is 598. The highest BCUT2D eigenvalue weighted by atomic mass is 32.2. The van der Waals surface area contributed by atoms with Gasteiger partial charge in [0, 0.05) is 4.90 Å². The number of phenols is 1. The van der Waals surface area contributed by atoms with Gasteiger partial charge in [0.1, 0.15) is 5.75 Å². The molecule has 0 bridgehead atoms. The van der Waals surface area contributed by atoms with Crippen molar-refractivity contribution in [1.29, 1.82) is 0 Å². The van der Waals surface area contributed by atoms with Crippen molar-refractivity contribution in [2.24, 2.45) is 5.92 Å².